The molecule has 1 fully saturated rings. The Morgan fingerprint density at radius 3 is 2.82 bits per heavy atom. The predicted molar refractivity (Wildman–Crippen MR) is 117 cm³/mol. The van der Waals surface area contributed by atoms with E-state index in [1.807, 2.05) is 30.4 Å². The first-order chi connectivity index (χ1) is 13.7. The quantitative estimate of drug-likeness (QED) is 0.742. The number of ether oxygens (including phenoxy) is 1. The summed E-state index contributed by atoms with van der Waals surface area (Å²) in [5.41, 5.74) is 2.46. The molecule has 0 saturated carbocycles. The zero-order valence-corrected chi connectivity index (χ0v) is 17.3. The molecule has 0 N–H and O–H groups in total. The van der Waals surface area contributed by atoms with Gasteiger partial charge in [-0.1, -0.05) is 0 Å². The lowest BCUT2D eigenvalue weighted by Gasteiger charge is -2.41. The molecular weight excluding hydrogens is 370 g/mol. The van der Waals surface area contributed by atoms with E-state index in [2.05, 4.69) is 62.1 Å². The van der Waals surface area contributed by atoms with E-state index in [0.29, 0.717) is 6.04 Å². The number of hydrogen-bond donors (Lipinski definition) is 0. The van der Waals surface area contributed by atoms with E-state index in [0.717, 1.165) is 44.5 Å². The molecule has 2 aliphatic rings. The lowest BCUT2D eigenvalue weighted by Crippen LogP contribution is -2.52. The topological polar surface area (TPSA) is 44.7 Å². The van der Waals surface area contributed by atoms with Crippen molar-refractivity contribution in [1.29, 1.82) is 0 Å². The first-order valence-corrected chi connectivity index (χ1v) is 10.7. The van der Waals surface area contributed by atoms with Crippen molar-refractivity contribution in [3.8, 4) is 0 Å². The first kappa shape index (κ1) is 19.2. The van der Waals surface area contributed by atoms with Crippen LogP contribution in [0.5, 0.6) is 0 Å². The van der Waals surface area contributed by atoms with Gasteiger partial charge < -0.3 is 14.5 Å². The van der Waals surface area contributed by atoms with E-state index in [9.17, 15) is 0 Å². The van der Waals surface area contributed by atoms with Gasteiger partial charge in [-0.3, -0.25) is 9.88 Å². The van der Waals surface area contributed by atoms with E-state index < -0.39 is 0 Å². The van der Waals surface area contributed by atoms with Crippen LogP contribution in [0.2, 0.25) is 0 Å². The minimum atomic E-state index is 0.515. The lowest BCUT2D eigenvalue weighted by molar-refractivity contribution is 0.117. The van der Waals surface area contributed by atoms with Crippen LogP contribution in [0.4, 0.5) is 11.5 Å². The largest absolute Gasteiger partial charge is 0.383 e. The molecule has 1 atom stereocenters. The van der Waals surface area contributed by atoms with Gasteiger partial charge in [-0.2, -0.15) is 0 Å². The summed E-state index contributed by atoms with van der Waals surface area (Å²) in [7, 11) is 1.77. The summed E-state index contributed by atoms with van der Waals surface area (Å²) in [6.45, 7) is 7.21. The highest BCUT2D eigenvalue weighted by Crippen LogP contribution is 2.36. The van der Waals surface area contributed by atoms with Crippen molar-refractivity contribution in [2.24, 2.45) is 0 Å². The fraction of sp³-hybridized carbons (Fsp3) is 0.429. The van der Waals surface area contributed by atoms with Crippen molar-refractivity contribution in [2.75, 3.05) is 55.6 Å². The Morgan fingerprint density at radius 1 is 1.18 bits per heavy atom. The Balaban J connectivity index is 1.45. The van der Waals surface area contributed by atoms with Crippen LogP contribution in [0.1, 0.15) is 12.5 Å². The van der Waals surface area contributed by atoms with Crippen molar-refractivity contribution < 1.29 is 4.74 Å². The minimum absolute atomic E-state index is 0.515. The van der Waals surface area contributed by atoms with Gasteiger partial charge in [0, 0.05) is 80.8 Å². The third kappa shape index (κ3) is 4.32. The second-order valence-corrected chi connectivity index (χ2v) is 8.16. The van der Waals surface area contributed by atoms with Crippen LogP contribution in [-0.2, 0) is 4.74 Å². The van der Waals surface area contributed by atoms with Gasteiger partial charge in [0.1, 0.15) is 5.82 Å². The number of thioether (sulfide) groups is 1. The number of nitrogens with zero attached hydrogens (tertiary/aromatic N) is 5. The molecule has 28 heavy (non-hydrogen) atoms. The molecule has 0 amide bonds. The Hall–Kier alpha value is -2.09. The van der Waals surface area contributed by atoms with Crippen molar-refractivity contribution in [2.45, 2.75) is 13.0 Å². The molecule has 2 aromatic rings. The second-order valence-electron chi connectivity index (χ2n) is 7.17. The molecule has 7 heteroatoms. The zero-order valence-electron chi connectivity index (χ0n) is 16.5. The highest BCUT2D eigenvalue weighted by atomic mass is 32.2. The lowest BCUT2D eigenvalue weighted by atomic mass is 10.1. The molecule has 2 aliphatic heterocycles. The van der Waals surface area contributed by atoms with E-state index in [1.54, 1.807) is 7.11 Å². The Bertz CT molecular complexity index is 815. The van der Waals surface area contributed by atoms with Gasteiger partial charge in [-0.25, -0.2) is 4.98 Å². The molecule has 0 aliphatic carbocycles. The van der Waals surface area contributed by atoms with Crippen LogP contribution < -0.4 is 9.80 Å². The SMILES string of the molecule is COCCN1CCN(c2ccnc(N3C=C(c4ccncc4)SC3)c2)C[C@@H]1C. The number of aromatic nitrogens is 2. The van der Waals surface area contributed by atoms with Crippen molar-refractivity contribution >= 4 is 28.2 Å². The molecule has 0 spiro atoms. The first-order valence-electron chi connectivity index (χ1n) is 9.70. The van der Waals surface area contributed by atoms with Gasteiger partial charge in [0.25, 0.3) is 0 Å². The molecule has 148 valence electrons. The third-order valence-electron chi connectivity index (χ3n) is 5.33. The minimum Gasteiger partial charge on any atom is -0.383 e. The van der Waals surface area contributed by atoms with E-state index in [-0.39, 0.29) is 0 Å². The van der Waals surface area contributed by atoms with Crippen molar-refractivity contribution in [3.05, 3.63) is 54.6 Å². The fourth-order valence-corrected chi connectivity index (χ4v) is 4.68. The summed E-state index contributed by atoms with van der Waals surface area (Å²) in [5.74, 6) is 1.89. The maximum absolute atomic E-state index is 5.24. The number of piperazine rings is 1. The Morgan fingerprint density at radius 2 is 2.04 bits per heavy atom. The number of anilines is 2. The summed E-state index contributed by atoms with van der Waals surface area (Å²) < 4.78 is 5.24. The van der Waals surface area contributed by atoms with E-state index in [1.165, 1.54) is 16.2 Å². The van der Waals surface area contributed by atoms with Crippen LogP contribution in [0.25, 0.3) is 4.91 Å². The maximum atomic E-state index is 5.24. The molecule has 0 unspecified atom stereocenters. The molecule has 0 bridgehead atoms. The smallest absolute Gasteiger partial charge is 0.135 e. The summed E-state index contributed by atoms with van der Waals surface area (Å²) in [4.78, 5) is 17.2. The van der Waals surface area contributed by atoms with Crippen molar-refractivity contribution in [1.82, 2.24) is 14.9 Å². The average molecular weight is 398 g/mol. The van der Waals surface area contributed by atoms with E-state index in [4.69, 9.17) is 4.74 Å². The number of methoxy groups -OCH3 is 1. The number of pyridine rings is 2. The molecule has 6 nitrogen and oxygen atoms in total. The van der Waals surface area contributed by atoms with Crippen LogP contribution in [0, 0.1) is 0 Å². The van der Waals surface area contributed by atoms with Gasteiger partial charge in [0.05, 0.1) is 12.5 Å². The normalized spacial score (nSPS) is 20.5. The zero-order chi connectivity index (χ0) is 19.3. The van der Waals surface area contributed by atoms with Gasteiger partial charge in [0.15, 0.2) is 0 Å². The standard InChI is InChI=1S/C21H27N5OS/c1-17-14-25(10-9-24(17)11-12-27-2)19-5-8-23-21(13-19)26-15-20(28-16-26)18-3-6-22-7-4-18/h3-8,13,15,17H,9-12,14,16H2,1-2H3/t17-/m0/s1. The maximum Gasteiger partial charge on any atom is 0.135 e. The summed E-state index contributed by atoms with van der Waals surface area (Å²) in [6, 6.07) is 8.95. The van der Waals surface area contributed by atoms with Crippen LogP contribution in [0.15, 0.2) is 49.1 Å². The second kappa shape index (κ2) is 8.94. The van der Waals surface area contributed by atoms with Gasteiger partial charge >= 0.3 is 0 Å². The monoisotopic (exact) mass is 397 g/mol. The molecule has 2 aromatic heterocycles. The van der Waals surface area contributed by atoms with Crippen LogP contribution in [0.3, 0.4) is 0 Å². The van der Waals surface area contributed by atoms with E-state index >= 15 is 0 Å². The van der Waals surface area contributed by atoms with Crippen LogP contribution in [-0.4, -0.2) is 66.7 Å². The average Bonchev–Trinajstić information content (AvgIpc) is 3.24. The van der Waals surface area contributed by atoms with Gasteiger partial charge in [0.2, 0.25) is 0 Å². The highest BCUT2D eigenvalue weighted by molar-refractivity contribution is 8.08. The van der Waals surface area contributed by atoms with Gasteiger partial charge in [-0.05, 0) is 30.7 Å². The van der Waals surface area contributed by atoms with Crippen LogP contribution >= 0.6 is 11.8 Å². The number of hydrogen-bond acceptors (Lipinski definition) is 7. The summed E-state index contributed by atoms with van der Waals surface area (Å²) >= 11 is 1.84. The highest BCUT2D eigenvalue weighted by Gasteiger charge is 2.24. The summed E-state index contributed by atoms with van der Waals surface area (Å²) in [5, 5.41) is 0. The molecule has 1 saturated heterocycles. The van der Waals surface area contributed by atoms with Crippen molar-refractivity contribution in [3.63, 3.8) is 0 Å². The molecule has 4 rings (SSSR count). The van der Waals surface area contributed by atoms with Gasteiger partial charge in [-0.15, -0.1) is 11.8 Å². The molecule has 0 aromatic carbocycles. The Labute approximate surface area is 171 Å². The molecule has 0 radical (unpaired) electrons. The number of rotatable bonds is 6. The Kier molecular flexibility index (Phi) is 6.14. The summed E-state index contributed by atoms with van der Waals surface area (Å²) in [6.07, 6.45) is 7.80. The predicted octanol–water partition coefficient (Wildman–Crippen LogP) is 3.14. The molecular formula is C21H27N5OS. The fourth-order valence-electron chi connectivity index (χ4n) is 3.69. The third-order valence-corrected chi connectivity index (χ3v) is 6.39. The molecule has 4 heterocycles.